The SMILES string of the molecule is Cc1ccccc1CC(=O)NC1CCNCC1C.Cl. The third kappa shape index (κ3) is 4.51. The van der Waals surface area contributed by atoms with Gasteiger partial charge in [0.2, 0.25) is 5.91 Å². The van der Waals surface area contributed by atoms with Gasteiger partial charge in [-0.3, -0.25) is 4.79 Å². The minimum absolute atomic E-state index is 0. The number of nitrogens with one attached hydrogen (secondary N) is 2. The molecule has 2 rings (SSSR count). The zero-order valence-corrected chi connectivity index (χ0v) is 12.4. The summed E-state index contributed by atoms with van der Waals surface area (Å²) in [6.07, 6.45) is 1.52. The van der Waals surface area contributed by atoms with E-state index in [4.69, 9.17) is 0 Å². The Balaban J connectivity index is 0.00000180. The van der Waals surface area contributed by atoms with Crippen molar-refractivity contribution < 1.29 is 4.79 Å². The number of hydrogen-bond acceptors (Lipinski definition) is 2. The molecule has 19 heavy (non-hydrogen) atoms. The molecule has 106 valence electrons. The summed E-state index contributed by atoms with van der Waals surface area (Å²) >= 11 is 0. The second-order valence-electron chi connectivity index (χ2n) is 5.25. The Bertz CT molecular complexity index is 422. The van der Waals surface area contributed by atoms with Gasteiger partial charge in [-0.2, -0.15) is 0 Å². The number of hydrogen-bond donors (Lipinski definition) is 2. The van der Waals surface area contributed by atoms with Crippen LogP contribution in [-0.2, 0) is 11.2 Å². The molecule has 2 atom stereocenters. The first-order valence-corrected chi connectivity index (χ1v) is 6.71. The molecule has 2 unspecified atom stereocenters. The summed E-state index contributed by atoms with van der Waals surface area (Å²) in [6.45, 7) is 6.23. The lowest BCUT2D eigenvalue weighted by molar-refractivity contribution is -0.121. The second kappa shape index (κ2) is 7.51. The number of carbonyl (C=O) groups excluding carboxylic acids is 1. The van der Waals surface area contributed by atoms with Crippen LogP contribution in [-0.4, -0.2) is 25.0 Å². The summed E-state index contributed by atoms with van der Waals surface area (Å²) in [7, 11) is 0. The maximum absolute atomic E-state index is 12.0. The molecule has 0 aromatic heterocycles. The van der Waals surface area contributed by atoms with Crippen LogP contribution in [0.5, 0.6) is 0 Å². The Morgan fingerprint density at radius 1 is 1.42 bits per heavy atom. The lowest BCUT2D eigenvalue weighted by atomic mass is 9.95. The fourth-order valence-electron chi connectivity index (χ4n) is 2.47. The van der Waals surface area contributed by atoms with E-state index in [1.54, 1.807) is 0 Å². The van der Waals surface area contributed by atoms with Crippen molar-refractivity contribution in [1.82, 2.24) is 10.6 Å². The number of carbonyl (C=O) groups is 1. The van der Waals surface area contributed by atoms with Crippen LogP contribution in [0.15, 0.2) is 24.3 Å². The van der Waals surface area contributed by atoms with Gasteiger partial charge in [-0.25, -0.2) is 0 Å². The van der Waals surface area contributed by atoms with Crippen molar-refractivity contribution in [2.45, 2.75) is 32.7 Å². The average Bonchev–Trinajstić information content (AvgIpc) is 2.35. The van der Waals surface area contributed by atoms with Crippen molar-refractivity contribution in [3.05, 3.63) is 35.4 Å². The largest absolute Gasteiger partial charge is 0.353 e. The van der Waals surface area contributed by atoms with E-state index in [0.717, 1.165) is 25.1 Å². The molecule has 1 heterocycles. The lowest BCUT2D eigenvalue weighted by Crippen LogP contribution is -2.48. The van der Waals surface area contributed by atoms with Crippen LogP contribution in [0.2, 0.25) is 0 Å². The molecule has 1 fully saturated rings. The highest BCUT2D eigenvalue weighted by Gasteiger charge is 2.22. The Labute approximate surface area is 121 Å². The van der Waals surface area contributed by atoms with Gasteiger partial charge in [0, 0.05) is 6.04 Å². The predicted octanol–water partition coefficient (Wildman–Crippen LogP) is 2.07. The minimum Gasteiger partial charge on any atom is -0.353 e. The Morgan fingerprint density at radius 2 is 2.16 bits per heavy atom. The number of benzene rings is 1. The third-order valence-corrected chi connectivity index (χ3v) is 3.74. The molecule has 1 aliphatic heterocycles. The fraction of sp³-hybridized carbons (Fsp3) is 0.533. The van der Waals surface area contributed by atoms with Crippen LogP contribution in [0.4, 0.5) is 0 Å². The molecule has 1 aromatic rings. The molecule has 1 aliphatic rings. The van der Waals surface area contributed by atoms with E-state index in [-0.39, 0.29) is 18.3 Å². The van der Waals surface area contributed by atoms with E-state index >= 15 is 0 Å². The van der Waals surface area contributed by atoms with E-state index in [2.05, 4.69) is 30.5 Å². The van der Waals surface area contributed by atoms with Crippen molar-refractivity contribution in [2.75, 3.05) is 13.1 Å². The summed E-state index contributed by atoms with van der Waals surface area (Å²) in [6, 6.07) is 8.40. The van der Waals surface area contributed by atoms with Crippen LogP contribution in [0.25, 0.3) is 0 Å². The number of amides is 1. The Hall–Kier alpha value is -1.06. The monoisotopic (exact) mass is 282 g/mol. The number of halogens is 1. The van der Waals surface area contributed by atoms with E-state index < -0.39 is 0 Å². The van der Waals surface area contributed by atoms with Crippen molar-refractivity contribution in [3.63, 3.8) is 0 Å². The quantitative estimate of drug-likeness (QED) is 0.891. The van der Waals surface area contributed by atoms with Gasteiger partial charge < -0.3 is 10.6 Å². The highest BCUT2D eigenvalue weighted by atomic mass is 35.5. The normalized spacial score (nSPS) is 22.4. The van der Waals surface area contributed by atoms with Gasteiger partial charge in [0.15, 0.2) is 0 Å². The molecule has 1 amide bonds. The average molecular weight is 283 g/mol. The molecule has 4 heteroatoms. The van der Waals surface area contributed by atoms with Crippen molar-refractivity contribution in [1.29, 1.82) is 0 Å². The first-order chi connectivity index (χ1) is 8.66. The van der Waals surface area contributed by atoms with Crippen molar-refractivity contribution in [2.24, 2.45) is 5.92 Å². The summed E-state index contributed by atoms with van der Waals surface area (Å²) < 4.78 is 0. The summed E-state index contributed by atoms with van der Waals surface area (Å²) in [5.41, 5.74) is 2.31. The summed E-state index contributed by atoms with van der Waals surface area (Å²) in [4.78, 5) is 12.0. The fourth-order valence-corrected chi connectivity index (χ4v) is 2.47. The van der Waals surface area contributed by atoms with Gasteiger partial charge in [-0.1, -0.05) is 31.2 Å². The molecule has 0 bridgehead atoms. The molecule has 0 aliphatic carbocycles. The molecule has 0 spiro atoms. The van der Waals surface area contributed by atoms with Crippen LogP contribution < -0.4 is 10.6 Å². The van der Waals surface area contributed by atoms with Crippen LogP contribution in [0, 0.1) is 12.8 Å². The topological polar surface area (TPSA) is 41.1 Å². The van der Waals surface area contributed by atoms with Gasteiger partial charge in [0.05, 0.1) is 6.42 Å². The first-order valence-electron chi connectivity index (χ1n) is 6.71. The van der Waals surface area contributed by atoms with E-state index in [0.29, 0.717) is 18.4 Å². The highest BCUT2D eigenvalue weighted by molar-refractivity contribution is 5.85. The molecule has 2 N–H and O–H groups in total. The molecule has 0 saturated carbocycles. The van der Waals surface area contributed by atoms with Crippen molar-refractivity contribution in [3.8, 4) is 0 Å². The maximum atomic E-state index is 12.0. The summed E-state index contributed by atoms with van der Waals surface area (Å²) in [5.74, 6) is 0.655. The van der Waals surface area contributed by atoms with E-state index in [9.17, 15) is 4.79 Å². The number of rotatable bonds is 3. The first kappa shape index (κ1) is 16.0. The third-order valence-electron chi connectivity index (χ3n) is 3.74. The van der Waals surface area contributed by atoms with Crippen molar-refractivity contribution >= 4 is 18.3 Å². The zero-order chi connectivity index (χ0) is 13.0. The Morgan fingerprint density at radius 3 is 2.84 bits per heavy atom. The molecule has 1 saturated heterocycles. The van der Waals surface area contributed by atoms with Gasteiger partial charge in [0.1, 0.15) is 0 Å². The number of aryl methyl sites for hydroxylation is 1. The second-order valence-corrected chi connectivity index (χ2v) is 5.25. The molecule has 3 nitrogen and oxygen atoms in total. The van der Waals surface area contributed by atoms with Gasteiger partial charge >= 0.3 is 0 Å². The molecule has 0 radical (unpaired) electrons. The lowest BCUT2D eigenvalue weighted by Gasteiger charge is -2.30. The van der Waals surface area contributed by atoms with E-state index in [1.807, 2.05) is 18.2 Å². The predicted molar refractivity (Wildman–Crippen MR) is 80.7 cm³/mol. The smallest absolute Gasteiger partial charge is 0.224 e. The van der Waals surface area contributed by atoms with Gasteiger partial charge in [0.25, 0.3) is 0 Å². The molecular formula is C15H23ClN2O. The Kier molecular flexibility index (Phi) is 6.32. The van der Waals surface area contributed by atoms with Crippen LogP contribution in [0.1, 0.15) is 24.5 Å². The molecule has 1 aromatic carbocycles. The van der Waals surface area contributed by atoms with Gasteiger partial charge in [-0.15, -0.1) is 12.4 Å². The summed E-state index contributed by atoms with van der Waals surface area (Å²) in [5, 5.41) is 6.51. The minimum atomic E-state index is 0. The zero-order valence-electron chi connectivity index (χ0n) is 11.6. The van der Waals surface area contributed by atoms with Gasteiger partial charge in [-0.05, 0) is 43.5 Å². The maximum Gasteiger partial charge on any atom is 0.224 e. The highest BCUT2D eigenvalue weighted by Crippen LogP contribution is 2.12. The van der Waals surface area contributed by atoms with E-state index in [1.165, 1.54) is 5.56 Å². The standard InChI is InChI=1S/C15H22N2O.ClH/c1-11-5-3-4-6-13(11)9-15(18)17-14-7-8-16-10-12(14)2;/h3-6,12,14,16H,7-10H2,1-2H3,(H,17,18);1H. The molecular weight excluding hydrogens is 260 g/mol. The van der Waals surface area contributed by atoms with Crippen LogP contribution in [0.3, 0.4) is 0 Å². The number of piperidine rings is 1. The van der Waals surface area contributed by atoms with Crippen LogP contribution >= 0.6 is 12.4 Å².